The second-order valence-electron chi connectivity index (χ2n) is 8.54. The third kappa shape index (κ3) is 5.21. The van der Waals surface area contributed by atoms with Crippen molar-refractivity contribution in [3.05, 3.63) is 39.8 Å². The van der Waals surface area contributed by atoms with E-state index >= 15 is 0 Å². The van der Waals surface area contributed by atoms with Crippen molar-refractivity contribution in [2.75, 3.05) is 13.2 Å². The molecule has 8 nitrogen and oxygen atoms in total. The molecule has 0 aromatic carbocycles. The Bertz CT molecular complexity index is 859. The Balaban J connectivity index is 2.13. The molecule has 0 N–H and O–H groups in total. The van der Waals surface area contributed by atoms with E-state index in [1.807, 2.05) is 13.0 Å². The maximum absolute atomic E-state index is 11.6. The molecule has 9 heteroatoms. The van der Waals surface area contributed by atoms with E-state index in [0.29, 0.717) is 31.7 Å². The van der Waals surface area contributed by atoms with Crippen LogP contribution in [-0.4, -0.2) is 41.2 Å². The minimum atomic E-state index is -1.81. The molecular weight excluding hydrogens is 388 g/mol. The lowest BCUT2D eigenvalue weighted by Crippen LogP contribution is -2.41. The number of nitrogens with zero attached hydrogens (tertiary/aromatic N) is 4. The highest BCUT2D eigenvalue weighted by Gasteiger charge is 2.36. The van der Waals surface area contributed by atoms with E-state index in [2.05, 4.69) is 43.9 Å². The first kappa shape index (κ1) is 23.0. The topological polar surface area (TPSA) is 92.3 Å². The molecule has 0 aliphatic carbocycles. The van der Waals surface area contributed by atoms with Gasteiger partial charge in [-0.1, -0.05) is 27.7 Å². The average molecular weight is 421 g/mol. The fraction of sp³-hybridized carbons (Fsp3) is 0.600. The number of aryl methyl sites for hydroxylation is 1. The predicted molar refractivity (Wildman–Crippen MR) is 115 cm³/mol. The summed E-state index contributed by atoms with van der Waals surface area (Å²) in [5, 5.41) is 16.1. The van der Waals surface area contributed by atoms with Crippen molar-refractivity contribution >= 4 is 14.0 Å². The fourth-order valence-electron chi connectivity index (χ4n) is 2.68. The van der Waals surface area contributed by atoms with Gasteiger partial charge in [-0.05, 0) is 43.6 Å². The van der Waals surface area contributed by atoms with Gasteiger partial charge in [-0.2, -0.15) is 0 Å². The van der Waals surface area contributed by atoms with E-state index in [1.165, 1.54) is 0 Å². The van der Waals surface area contributed by atoms with E-state index in [-0.39, 0.29) is 16.6 Å². The molecule has 2 aromatic heterocycles. The molecule has 160 valence electrons. The standard InChI is InChI=1S/C20H32N4O4Si/c1-8-16-17(11-9-12-21-16)23-15(2)18(24(25)26)19(22-23)27-13-10-14-28-29(6,7)20(3,4)5/h9,11-12H,8,10,13-14H2,1-7H3. The molecule has 2 rings (SSSR count). The molecule has 29 heavy (non-hydrogen) atoms. The van der Waals surface area contributed by atoms with E-state index in [4.69, 9.17) is 9.16 Å². The number of nitro groups is 1. The quantitative estimate of drug-likeness (QED) is 0.249. The molecule has 0 amide bonds. The molecule has 0 aliphatic heterocycles. The zero-order chi connectivity index (χ0) is 21.8. The Hall–Kier alpha value is -2.26. The lowest BCUT2D eigenvalue weighted by molar-refractivity contribution is -0.386. The van der Waals surface area contributed by atoms with Crippen molar-refractivity contribution in [2.45, 2.75) is 65.6 Å². The van der Waals surface area contributed by atoms with Crippen LogP contribution in [0.15, 0.2) is 18.3 Å². The second kappa shape index (κ2) is 9.04. The number of rotatable bonds is 9. The summed E-state index contributed by atoms with van der Waals surface area (Å²) < 4.78 is 13.4. The Labute approximate surface area is 173 Å². The van der Waals surface area contributed by atoms with Gasteiger partial charge >= 0.3 is 11.6 Å². The van der Waals surface area contributed by atoms with Crippen LogP contribution in [0.4, 0.5) is 5.69 Å². The molecular formula is C20H32N4O4Si. The molecule has 0 radical (unpaired) electrons. The first-order valence-electron chi connectivity index (χ1n) is 9.94. The molecule has 0 saturated carbocycles. The van der Waals surface area contributed by atoms with Crippen LogP contribution in [0.5, 0.6) is 5.88 Å². The number of pyridine rings is 1. The van der Waals surface area contributed by atoms with Gasteiger partial charge in [0.2, 0.25) is 0 Å². The third-order valence-electron chi connectivity index (χ3n) is 5.46. The number of hydrogen-bond acceptors (Lipinski definition) is 6. The van der Waals surface area contributed by atoms with Gasteiger partial charge in [0.1, 0.15) is 5.69 Å². The molecule has 0 spiro atoms. The van der Waals surface area contributed by atoms with Crippen LogP contribution in [0, 0.1) is 17.0 Å². The van der Waals surface area contributed by atoms with Gasteiger partial charge in [-0.3, -0.25) is 15.1 Å². The van der Waals surface area contributed by atoms with Crippen LogP contribution in [0.25, 0.3) is 5.69 Å². The zero-order valence-corrected chi connectivity index (χ0v) is 19.5. The maximum atomic E-state index is 11.6. The molecule has 0 unspecified atom stereocenters. The van der Waals surface area contributed by atoms with E-state index in [9.17, 15) is 10.1 Å². The van der Waals surface area contributed by atoms with Crippen molar-refractivity contribution in [3.63, 3.8) is 0 Å². The number of aromatic nitrogens is 3. The van der Waals surface area contributed by atoms with Crippen LogP contribution < -0.4 is 4.74 Å². The fourth-order valence-corrected chi connectivity index (χ4v) is 3.76. The van der Waals surface area contributed by atoms with Crippen LogP contribution in [-0.2, 0) is 10.8 Å². The second-order valence-corrected chi connectivity index (χ2v) is 13.4. The summed E-state index contributed by atoms with van der Waals surface area (Å²) in [5.41, 5.74) is 1.86. The first-order valence-corrected chi connectivity index (χ1v) is 12.9. The maximum Gasteiger partial charge on any atom is 0.353 e. The highest BCUT2D eigenvalue weighted by atomic mass is 28.4. The lowest BCUT2D eigenvalue weighted by atomic mass is 10.2. The Morgan fingerprint density at radius 1 is 1.28 bits per heavy atom. The summed E-state index contributed by atoms with van der Waals surface area (Å²) in [4.78, 5) is 15.5. The highest BCUT2D eigenvalue weighted by molar-refractivity contribution is 6.74. The van der Waals surface area contributed by atoms with Crippen molar-refractivity contribution in [1.82, 2.24) is 14.8 Å². The first-order chi connectivity index (χ1) is 13.5. The minimum Gasteiger partial charge on any atom is -0.472 e. The predicted octanol–water partition coefficient (Wildman–Crippen LogP) is 4.84. The smallest absolute Gasteiger partial charge is 0.353 e. The van der Waals surface area contributed by atoms with Gasteiger partial charge in [-0.25, -0.2) is 4.68 Å². The van der Waals surface area contributed by atoms with Gasteiger partial charge < -0.3 is 9.16 Å². The summed E-state index contributed by atoms with van der Waals surface area (Å²) >= 11 is 0. The summed E-state index contributed by atoms with van der Waals surface area (Å²) in [6, 6.07) is 3.65. The SMILES string of the molecule is CCc1ncccc1-n1nc(OCCCO[Si](C)(C)C(C)(C)C)c([N+](=O)[O-])c1C. The number of hydrogen-bond donors (Lipinski definition) is 0. The minimum absolute atomic E-state index is 0.0331. The highest BCUT2D eigenvalue weighted by Crippen LogP contribution is 2.36. The lowest BCUT2D eigenvalue weighted by Gasteiger charge is -2.36. The largest absolute Gasteiger partial charge is 0.472 e. The third-order valence-corrected chi connectivity index (χ3v) is 10.0. The van der Waals surface area contributed by atoms with Gasteiger partial charge in [0.15, 0.2) is 8.32 Å². The molecule has 0 aliphatic rings. The van der Waals surface area contributed by atoms with Crippen LogP contribution >= 0.6 is 0 Å². The summed E-state index contributed by atoms with van der Waals surface area (Å²) in [7, 11) is -1.81. The van der Waals surface area contributed by atoms with Crippen LogP contribution in [0.3, 0.4) is 0 Å². The normalized spacial score (nSPS) is 12.2. The molecule has 0 bridgehead atoms. The summed E-state index contributed by atoms with van der Waals surface area (Å²) in [5.74, 6) is 0.0331. The van der Waals surface area contributed by atoms with Gasteiger partial charge in [0.25, 0.3) is 0 Å². The van der Waals surface area contributed by atoms with Crippen molar-refractivity contribution < 1.29 is 14.1 Å². The molecule has 0 saturated heterocycles. The van der Waals surface area contributed by atoms with Gasteiger partial charge in [0, 0.05) is 19.2 Å². The monoisotopic (exact) mass is 420 g/mol. The Morgan fingerprint density at radius 2 is 1.97 bits per heavy atom. The van der Waals surface area contributed by atoms with E-state index in [0.717, 1.165) is 11.4 Å². The van der Waals surface area contributed by atoms with E-state index in [1.54, 1.807) is 23.9 Å². The average Bonchev–Trinajstić information content (AvgIpc) is 2.96. The number of ether oxygens (including phenoxy) is 1. The Kier molecular flexibility index (Phi) is 7.18. The molecule has 0 atom stereocenters. The van der Waals surface area contributed by atoms with Crippen LogP contribution in [0.2, 0.25) is 18.1 Å². The zero-order valence-electron chi connectivity index (χ0n) is 18.5. The molecule has 0 fully saturated rings. The van der Waals surface area contributed by atoms with Crippen molar-refractivity contribution in [3.8, 4) is 11.6 Å². The van der Waals surface area contributed by atoms with E-state index < -0.39 is 13.2 Å². The van der Waals surface area contributed by atoms with Crippen LogP contribution in [0.1, 0.15) is 45.5 Å². The van der Waals surface area contributed by atoms with Gasteiger partial charge in [0.05, 0.1) is 22.9 Å². The van der Waals surface area contributed by atoms with Gasteiger partial charge in [-0.15, -0.1) is 5.10 Å². The van der Waals surface area contributed by atoms with Crippen molar-refractivity contribution in [2.24, 2.45) is 0 Å². The molecule has 2 aromatic rings. The molecule has 2 heterocycles. The summed E-state index contributed by atoms with van der Waals surface area (Å²) in [6.07, 6.45) is 3.04. The van der Waals surface area contributed by atoms with Crippen molar-refractivity contribution in [1.29, 1.82) is 0 Å². The Morgan fingerprint density at radius 3 is 2.55 bits per heavy atom. The summed E-state index contributed by atoms with van der Waals surface area (Å²) in [6.45, 7) is 15.5.